The summed E-state index contributed by atoms with van der Waals surface area (Å²) in [5.41, 5.74) is 1.23. The molecule has 1 fully saturated rings. The Morgan fingerprint density at radius 1 is 1.13 bits per heavy atom. The maximum absolute atomic E-state index is 13.1. The molecule has 2 aromatic heterocycles. The Morgan fingerprint density at radius 2 is 1.83 bits per heavy atom. The zero-order valence-electron chi connectivity index (χ0n) is 17.2. The van der Waals surface area contributed by atoms with Crippen LogP contribution in [0.3, 0.4) is 0 Å². The van der Waals surface area contributed by atoms with Gasteiger partial charge in [-0.25, -0.2) is 9.78 Å². The molecule has 0 unspecified atom stereocenters. The molecule has 0 aliphatic carbocycles. The van der Waals surface area contributed by atoms with Gasteiger partial charge >= 0.3 is 5.69 Å². The van der Waals surface area contributed by atoms with Crippen LogP contribution in [0.4, 0.5) is 10.8 Å². The average Bonchev–Trinajstić information content (AvgIpc) is 3.40. The minimum atomic E-state index is -0.494. The predicted octanol–water partition coefficient (Wildman–Crippen LogP) is 2.58. The molecule has 1 saturated heterocycles. The van der Waals surface area contributed by atoms with Crippen LogP contribution in [-0.2, 0) is 17.9 Å². The second kappa shape index (κ2) is 8.43. The van der Waals surface area contributed by atoms with Gasteiger partial charge in [-0.05, 0) is 38.3 Å². The standard InChI is InChI=1S/C21H25N5O3S/c1-3-10-25-19(28)17-18(23-20(30-17)24-11-4-5-12-24)26(21(25)29)13-16(27)22-15-8-6-14(2)7-9-15/h6-9H,3-5,10-13H2,1-2H3,(H,22,27). The number of aromatic nitrogens is 3. The Labute approximate surface area is 177 Å². The smallest absolute Gasteiger partial charge is 0.333 e. The molecule has 1 aromatic carbocycles. The van der Waals surface area contributed by atoms with Crippen LogP contribution in [0.1, 0.15) is 31.7 Å². The van der Waals surface area contributed by atoms with E-state index in [1.54, 1.807) is 0 Å². The third-order valence-corrected chi connectivity index (χ3v) is 6.31. The molecule has 1 N–H and O–H groups in total. The lowest BCUT2D eigenvalue weighted by atomic mass is 10.2. The van der Waals surface area contributed by atoms with Crippen molar-refractivity contribution in [3.8, 4) is 0 Å². The first-order chi connectivity index (χ1) is 14.5. The summed E-state index contributed by atoms with van der Waals surface area (Å²) < 4.78 is 2.97. The van der Waals surface area contributed by atoms with Crippen LogP contribution < -0.4 is 21.5 Å². The Bertz CT molecular complexity index is 1190. The van der Waals surface area contributed by atoms with Gasteiger partial charge in [0.05, 0.1) is 0 Å². The number of thiazole rings is 1. The van der Waals surface area contributed by atoms with Gasteiger partial charge in [0.1, 0.15) is 11.2 Å². The van der Waals surface area contributed by atoms with E-state index in [4.69, 9.17) is 0 Å². The van der Waals surface area contributed by atoms with Gasteiger partial charge in [0, 0.05) is 25.3 Å². The molecule has 3 heterocycles. The fourth-order valence-electron chi connectivity index (χ4n) is 3.66. The molecule has 30 heavy (non-hydrogen) atoms. The topological polar surface area (TPSA) is 89.2 Å². The van der Waals surface area contributed by atoms with Crippen molar-refractivity contribution >= 4 is 38.4 Å². The summed E-state index contributed by atoms with van der Waals surface area (Å²) in [4.78, 5) is 45.4. The minimum Gasteiger partial charge on any atom is -0.348 e. The van der Waals surface area contributed by atoms with Gasteiger partial charge in [0.2, 0.25) is 5.91 Å². The second-order valence-corrected chi connectivity index (χ2v) is 8.56. The minimum absolute atomic E-state index is 0.198. The lowest BCUT2D eigenvalue weighted by molar-refractivity contribution is -0.116. The van der Waals surface area contributed by atoms with Gasteiger partial charge in [-0.2, -0.15) is 0 Å². The van der Waals surface area contributed by atoms with E-state index in [0.29, 0.717) is 29.0 Å². The molecular weight excluding hydrogens is 402 g/mol. The lowest BCUT2D eigenvalue weighted by Gasteiger charge is -2.12. The Kier molecular flexibility index (Phi) is 5.72. The number of carbonyl (C=O) groups is 1. The van der Waals surface area contributed by atoms with Gasteiger partial charge in [-0.15, -0.1) is 0 Å². The van der Waals surface area contributed by atoms with E-state index in [9.17, 15) is 14.4 Å². The number of benzene rings is 1. The SMILES string of the molecule is CCCn1c(=O)c2sc(N3CCCC3)nc2n(CC(=O)Nc2ccc(C)cc2)c1=O. The first-order valence-electron chi connectivity index (χ1n) is 10.2. The summed E-state index contributed by atoms with van der Waals surface area (Å²) in [5.74, 6) is -0.334. The summed E-state index contributed by atoms with van der Waals surface area (Å²) in [6.07, 6.45) is 2.82. The van der Waals surface area contributed by atoms with Gasteiger partial charge in [-0.1, -0.05) is 36.0 Å². The first-order valence-corrected chi connectivity index (χ1v) is 11.0. The molecule has 4 rings (SSSR count). The third kappa shape index (κ3) is 3.89. The van der Waals surface area contributed by atoms with E-state index in [-0.39, 0.29) is 18.0 Å². The van der Waals surface area contributed by atoms with E-state index < -0.39 is 5.69 Å². The molecule has 1 amide bonds. The molecule has 158 valence electrons. The lowest BCUT2D eigenvalue weighted by Crippen LogP contribution is -2.41. The van der Waals surface area contributed by atoms with Crippen LogP contribution in [0.25, 0.3) is 10.3 Å². The number of nitrogens with zero attached hydrogens (tertiary/aromatic N) is 4. The van der Waals surface area contributed by atoms with Gasteiger partial charge in [0.25, 0.3) is 5.56 Å². The third-order valence-electron chi connectivity index (χ3n) is 5.22. The molecule has 0 radical (unpaired) electrons. The quantitative estimate of drug-likeness (QED) is 0.653. The number of hydrogen-bond donors (Lipinski definition) is 1. The number of amides is 1. The van der Waals surface area contributed by atoms with Crippen molar-refractivity contribution in [3.63, 3.8) is 0 Å². The Balaban J connectivity index is 1.74. The largest absolute Gasteiger partial charge is 0.348 e. The van der Waals surface area contributed by atoms with Crippen LogP contribution in [0, 0.1) is 6.92 Å². The van der Waals surface area contributed by atoms with Crippen LogP contribution in [0.5, 0.6) is 0 Å². The molecule has 0 bridgehead atoms. The van der Waals surface area contributed by atoms with Crippen molar-refractivity contribution < 1.29 is 4.79 Å². The molecular formula is C21H25N5O3S. The summed E-state index contributed by atoms with van der Waals surface area (Å²) >= 11 is 1.31. The van der Waals surface area contributed by atoms with Gasteiger partial charge in [-0.3, -0.25) is 18.7 Å². The number of fused-ring (bicyclic) bond motifs is 1. The number of nitrogens with one attached hydrogen (secondary N) is 1. The van der Waals surface area contributed by atoms with E-state index in [0.717, 1.165) is 36.6 Å². The van der Waals surface area contributed by atoms with Gasteiger partial charge in [0.15, 0.2) is 10.8 Å². The van der Waals surface area contributed by atoms with E-state index in [1.165, 1.54) is 20.5 Å². The monoisotopic (exact) mass is 427 g/mol. The molecule has 0 saturated carbocycles. The highest BCUT2D eigenvalue weighted by molar-refractivity contribution is 7.22. The van der Waals surface area contributed by atoms with Gasteiger partial charge < -0.3 is 10.2 Å². The van der Waals surface area contributed by atoms with Crippen molar-refractivity contribution in [1.82, 2.24) is 14.1 Å². The Morgan fingerprint density at radius 3 is 2.50 bits per heavy atom. The van der Waals surface area contributed by atoms with E-state index in [2.05, 4.69) is 15.2 Å². The Hall–Kier alpha value is -2.94. The van der Waals surface area contributed by atoms with Crippen molar-refractivity contribution in [2.45, 2.75) is 46.2 Å². The molecule has 1 aliphatic heterocycles. The van der Waals surface area contributed by atoms with Crippen molar-refractivity contribution in [1.29, 1.82) is 0 Å². The summed E-state index contributed by atoms with van der Waals surface area (Å²) in [5, 5.41) is 3.55. The number of anilines is 2. The number of hydrogen-bond acceptors (Lipinski definition) is 6. The van der Waals surface area contributed by atoms with E-state index in [1.807, 2.05) is 38.1 Å². The van der Waals surface area contributed by atoms with Crippen molar-refractivity contribution in [2.75, 3.05) is 23.3 Å². The molecule has 8 nitrogen and oxygen atoms in total. The maximum atomic E-state index is 13.1. The van der Waals surface area contributed by atoms with Crippen LogP contribution in [0.2, 0.25) is 0 Å². The van der Waals surface area contributed by atoms with E-state index >= 15 is 0 Å². The van der Waals surface area contributed by atoms with Crippen LogP contribution in [0.15, 0.2) is 33.9 Å². The highest BCUT2D eigenvalue weighted by atomic mass is 32.1. The normalized spacial score (nSPS) is 13.9. The molecule has 0 atom stereocenters. The molecule has 1 aliphatic rings. The second-order valence-electron chi connectivity index (χ2n) is 7.58. The van der Waals surface area contributed by atoms with Crippen LogP contribution >= 0.6 is 11.3 Å². The fourth-order valence-corrected chi connectivity index (χ4v) is 4.73. The molecule has 9 heteroatoms. The van der Waals surface area contributed by atoms with Crippen LogP contribution in [-0.4, -0.2) is 33.1 Å². The van der Waals surface area contributed by atoms with Crippen molar-refractivity contribution in [2.24, 2.45) is 0 Å². The highest BCUT2D eigenvalue weighted by Gasteiger charge is 2.23. The molecule has 3 aromatic rings. The summed E-state index contributed by atoms with van der Waals surface area (Å²) in [6, 6.07) is 7.45. The van der Waals surface area contributed by atoms with Crippen molar-refractivity contribution in [3.05, 3.63) is 50.7 Å². The molecule has 0 spiro atoms. The average molecular weight is 428 g/mol. The zero-order valence-corrected chi connectivity index (χ0v) is 18.0. The first kappa shape index (κ1) is 20.3. The summed E-state index contributed by atoms with van der Waals surface area (Å²) in [6.45, 7) is 5.77. The maximum Gasteiger partial charge on any atom is 0.333 e. The highest BCUT2D eigenvalue weighted by Crippen LogP contribution is 2.28. The number of aryl methyl sites for hydroxylation is 1. The zero-order chi connectivity index (χ0) is 21.3. The number of rotatable bonds is 6. The summed E-state index contributed by atoms with van der Waals surface area (Å²) in [7, 11) is 0. The number of carbonyl (C=O) groups excluding carboxylic acids is 1. The predicted molar refractivity (Wildman–Crippen MR) is 120 cm³/mol. The fraction of sp³-hybridized carbons (Fsp3) is 0.429.